The van der Waals surface area contributed by atoms with Gasteiger partial charge in [0.25, 0.3) is 0 Å². The molecule has 0 atom stereocenters. The van der Waals surface area contributed by atoms with Gasteiger partial charge >= 0.3 is 0 Å². The maximum Gasteiger partial charge on any atom is 0.191 e. The summed E-state index contributed by atoms with van der Waals surface area (Å²) in [5, 5.41) is 6.79. The van der Waals surface area contributed by atoms with Crippen molar-refractivity contribution in [3.05, 3.63) is 0 Å². The fourth-order valence-corrected chi connectivity index (χ4v) is 3.47. The first-order chi connectivity index (χ1) is 11.4. The van der Waals surface area contributed by atoms with Crippen LogP contribution in [0, 0.1) is 5.92 Å². The molecule has 1 aliphatic rings. The van der Waals surface area contributed by atoms with Gasteiger partial charge in [0.15, 0.2) is 5.96 Å². The molecule has 0 saturated heterocycles. The van der Waals surface area contributed by atoms with E-state index in [-0.39, 0.29) is 12.4 Å². The number of ether oxygens (including phenoxy) is 1. The van der Waals surface area contributed by atoms with Crippen molar-refractivity contribution in [3.8, 4) is 0 Å². The Labute approximate surface area is 147 Å². The molecular formula is C17H35N3O3S. The maximum absolute atomic E-state index is 11.0. The summed E-state index contributed by atoms with van der Waals surface area (Å²) in [6, 6.07) is 0.502. The summed E-state index contributed by atoms with van der Waals surface area (Å²) >= 11 is 0. The van der Waals surface area contributed by atoms with Gasteiger partial charge in [-0.3, -0.25) is 4.99 Å². The molecule has 6 nitrogen and oxygen atoms in total. The zero-order valence-electron chi connectivity index (χ0n) is 15.5. The Balaban J connectivity index is 2.27. The lowest BCUT2D eigenvalue weighted by atomic mass is 9.83. The summed E-state index contributed by atoms with van der Waals surface area (Å²) < 4.78 is 27.4. The van der Waals surface area contributed by atoms with Gasteiger partial charge in [-0.1, -0.05) is 19.8 Å². The first kappa shape index (κ1) is 21.2. The van der Waals surface area contributed by atoms with Crippen LogP contribution >= 0.6 is 0 Å². The Kier molecular flexibility index (Phi) is 10.3. The van der Waals surface area contributed by atoms with Gasteiger partial charge in [-0.15, -0.1) is 0 Å². The minimum Gasteiger partial charge on any atom is -0.378 e. The lowest BCUT2D eigenvalue weighted by Gasteiger charge is -2.30. The highest BCUT2D eigenvalue weighted by Gasteiger charge is 2.21. The van der Waals surface area contributed by atoms with Crippen LogP contribution in [0.5, 0.6) is 0 Å². The summed E-state index contributed by atoms with van der Waals surface area (Å²) in [6.45, 7) is 6.35. The van der Waals surface area contributed by atoms with Gasteiger partial charge in [0.2, 0.25) is 0 Å². The Morgan fingerprint density at radius 1 is 1.17 bits per heavy atom. The molecule has 24 heavy (non-hydrogen) atoms. The van der Waals surface area contributed by atoms with Crippen molar-refractivity contribution < 1.29 is 13.2 Å². The number of nitrogens with zero attached hydrogens (tertiary/aromatic N) is 1. The maximum atomic E-state index is 11.0. The van der Waals surface area contributed by atoms with E-state index in [9.17, 15) is 8.42 Å². The number of nitrogens with one attached hydrogen (secondary N) is 2. The SMILES string of the molecule is CCCC1CCC(NC(=NCCOCCS(C)(=O)=O)NCC)CC1. The fourth-order valence-electron chi connectivity index (χ4n) is 3.05. The van der Waals surface area contributed by atoms with Gasteiger partial charge in [0, 0.05) is 18.8 Å². The molecule has 0 radical (unpaired) electrons. The van der Waals surface area contributed by atoms with Gasteiger partial charge in [-0.2, -0.15) is 0 Å². The van der Waals surface area contributed by atoms with Crippen LogP contribution in [-0.2, 0) is 14.6 Å². The molecule has 1 saturated carbocycles. The number of aliphatic imine (C=N–C) groups is 1. The smallest absolute Gasteiger partial charge is 0.191 e. The lowest BCUT2D eigenvalue weighted by molar-refractivity contribution is 0.157. The average molecular weight is 362 g/mol. The molecule has 0 amide bonds. The molecule has 1 aliphatic carbocycles. The summed E-state index contributed by atoms with van der Waals surface area (Å²) in [5.41, 5.74) is 0. The Morgan fingerprint density at radius 3 is 2.46 bits per heavy atom. The third-order valence-electron chi connectivity index (χ3n) is 4.33. The molecule has 0 aliphatic heterocycles. The molecule has 7 heteroatoms. The Bertz CT molecular complexity index is 458. The number of hydrogen-bond acceptors (Lipinski definition) is 4. The van der Waals surface area contributed by atoms with E-state index in [1.54, 1.807) is 0 Å². The van der Waals surface area contributed by atoms with E-state index >= 15 is 0 Å². The summed E-state index contributed by atoms with van der Waals surface area (Å²) in [6.07, 6.45) is 8.88. The van der Waals surface area contributed by atoms with Crippen LogP contribution in [0.4, 0.5) is 0 Å². The van der Waals surface area contributed by atoms with Gasteiger partial charge in [-0.25, -0.2) is 8.42 Å². The van der Waals surface area contributed by atoms with E-state index < -0.39 is 9.84 Å². The minimum atomic E-state index is -2.95. The predicted molar refractivity (Wildman–Crippen MR) is 100 cm³/mol. The van der Waals surface area contributed by atoms with E-state index in [4.69, 9.17) is 4.74 Å². The van der Waals surface area contributed by atoms with Crippen molar-refractivity contribution in [1.29, 1.82) is 0 Å². The third kappa shape index (κ3) is 10.1. The van der Waals surface area contributed by atoms with E-state index in [2.05, 4.69) is 29.5 Å². The van der Waals surface area contributed by atoms with Crippen molar-refractivity contribution in [1.82, 2.24) is 10.6 Å². The molecule has 0 aromatic heterocycles. The zero-order valence-corrected chi connectivity index (χ0v) is 16.3. The van der Waals surface area contributed by atoms with Crippen LogP contribution in [0.25, 0.3) is 0 Å². The van der Waals surface area contributed by atoms with E-state index in [0.717, 1.165) is 18.4 Å². The standard InChI is InChI=1S/C17H35N3O3S/c1-4-6-15-7-9-16(10-8-15)20-17(18-5-2)19-11-12-23-13-14-24(3,21)22/h15-16H,4-14H2,1-3H3,(H2,18,19,20). The number of hydrogen-bond donors (Lipinski definition) is 2. The van der Waals surface area contributed by atoms with Crippen LogP contribution < -0.4 is 10.6 Å². The van der Waals surface area contributed by atoms with Crippen LogP contribution in [0.15, 0.2) is 4.99 Å². The van der Waals surface area contributed by atoms with E-state index in [0.29, 0.717) is 19.2 Å². The normalized spacial score (nSPS) is 22.4. The average Bonchev–Trinajstić information content (AvgIpc) is 2.52. The topological polar surface area (TPSA) is 79.8 Å². The van der Waals surface area contributed by atoms with Crippen LogP contribution in [0.1, 0.15) is 52.4 Å². The zero-order chi connectivity index (χ0) is 17.8. The van der Waals surface area contributed by atoms with Gasteiger partial charge in [0.05, 0.1) is 25.5 Å². The highest BCUT2D eigenvalue weighted by Crippen LogP contribution is 2.27. The largest absolute Gasteiger partial charge is 0.378 e. The molecule has 0 bridgehead atoms. The van der Waals surface area contributed by atoms with Crippen LogP contribution in [-0.4, -0.2) is 58.7 Å². The molecule has 0 heterocycles. The van der Waals surface area contributed by atoms with E-state index in [1.807, 2.05) is 0 Å². The van der Waals surface area contributed by atoms with Crippen molar-refractivity contribution >= 4 is 15.8 Å². The molecule has 0 aromatic rings. The number of sulfone groups is 1. The molecule has 0 unspecified atom stereocenters. The third-order valence-corrected chi connectivity index (χ3v) is 5.24. The summed E-state index contributed by atoms with van der Waals surface area (Å²) in [4.78, 5) is 4.52. The highest BCUT2D eigenvalue weighted by atomic mass is 32.2. The van der Waals surface area contributed by atoms with Crippen molar-refractivity contribution in [2.45, 2.75) is 58.4 Å². The quantitative estimate of drug-likeness (QED) is 0.353. The summed E-state index contributed by atoms with van der Waals surface area (Å²) in [7, 11) is -2.95. The first-order valence-corrected chi connectivity index (χ1v) is 11.3. The Hall–Kier alpha value is -0.820. The second kappa shape index (κ2) is 11.7. The van der Waals surface area contributed by atoms with Crippen LogP contribution in [0.3, 0.4) is 0 Å². The lowest BCUT2D eigenvalue weighted by Crippen LogP contribution is -2.45. The molecule has 0 spiro atoms. The Morgan fingerprint density at radius 2 is 1.88 bits per heavy atom. The van der Waals surface area contributed by atoms with Gasteiger partial charge < -0.3 is 15.4 Å². The van der Waals surface area contributed by atoms with Crippen LogP contribution in [0.2, 0.25) is 0 Å². The number of guanidine groups is 1. The molecule has 1 rings (SSSR count). The minimum absolute atomic E-state index is 0.0655. The number of rotatable bonds is 10. The van der Waals surface area contributed by atoms with Crippen molar-refractivity contribution in [2.24, 2.45) is 10.9 Å². The molecule has 142 valence electrons. The second-order valence-corrected chi connectivity index (χ2v) is 8.91. The highest BCUT2D eigenvalue weighted by molar-refractivity contribution is 7.90. The van der Waals surface area contributed by atoms with Crippen molar-refractivity contribution in [2.75, 3.05) is 38.3 Å². The van der Waals surface area contributed by atoms with E-state index in [1.165, 1.54) is 44.8 Å². The van der Waals surface area contributed by atoms with Crippen molar-refractivity contribution in [3.63, 3.8) is 0 Å². The summed E-state index contributed by atoms with van der Waals surface area (Å²) in [5.74, 6) is 1.80. The van der Waals surface area contributed by atoms with Gasteiger partial charge in [0.1, 0.15) is 9.84 Å². The fraction of sp³-hybridized carbons (Fsp3) is 0.941. The van der Waals surface area contributed by atoms with Gasteiger partial charge in [-0.05, 0) is 38.5 Å². The molecule has 2 N–H and O–H groups in total. The monoisotopic (exact) mass is 361 g/mol. The second-order valence-electron chi connectivity index (χ2n) is 6.65. The molecule has 1 fully saturated rings. The first-order valence-electron chi connectivity index (χ1n) is 9.25. The predicted octanol–water partition coefficient (Wildman–Crippen LogP) is 1.96. The molecular weight excluding hydrogens is 326 g/mol. The molecule has 0 aromatic carbocycles.